The van der Waals surface area contributed by atoms with Gasteiger partial charge in [-0.15, -0.1) is 24.0 Å². The predicted octanol–water partition coefficient (Wildman–Crippen LogP) is 2.00. The Kier molecular flexibility index (Phi) is 7.93. The number of methoxy groups -OCH3 is 1. The fourth-order valence-electron chi connectivity index (χ4n) is 1.94. The Bertz CT molecular complexity index is 566. The molecule has 2 rings (SSSR count). The van der Waals surface area contributed by atoms with Gasteiger partial charge in [-0.25, -0.2) is 0 Å². The Morgan fingerprint density at radius 1 is 1.39 bits per heavy atom. The number of anilines is 1. The lowest BCUT2D eigenvalue weighted by Crippen LogP contribution is -2.25. The van der Waals surface area contributed by atoms with Crippen molar-refractivity contribution in [3.05, 3.63) is 18.2 Å². The van der Waals surface area contributed by atoms with Gasteiger partial charge in [0.15, 0.2) is 17.5 Å². The van der Waals surface area contributed by atoms with Crippen molar-refractivity contribution in [2.45, 2.75) is 13.3 Å². The molecule has 0 bridgehead atoms. The predicted molar refractivity (Wildman–Crippen MR) is 98.8 cm³/mol. The maximum Gasteiger partial charge on any atom is 0.310 e. The number of guanidine groups is 1. The molecule has 1 aromatic carbocycles. The summed E-state index contributed by atoms with van der Waals surface area (Å²) in [7, 11) is 1.35. The second kappa shape index (κ2) is 9.43. The van der Waals surface area contributed by atoms with Crippen LogP contribution in [-0.2, 0) is 9.53 Å². The number of rotatable bonds is 4. The van der Waals surface area contributed by atoms with E-state index in [1.54, 1.807) is 6.92 Å². The van der Waals surface area contributed by atoms with Crippen molar-refractivity contribution >= 4 is 41.6 Å². The Balaban J connectivity index is 0.00000264. The first kappa shape index (κ1) is 19.3. The average molecular weight is 435 g/mol. The van der Waals surface area contributed by atoms with E-state index in [0.717, 1.165) is 17.9 Å². The SMILES string of the molecule is COC(=O)C(C)CN=C(N)Nc1ccc2c(c1)OCCCO2.I. The number of aliphatic imine (C=N–C) groups is 1. The highest BCUT2D eigenvalue weighted by Crippen LogP contribution is 2.32. The summed E-state index contributed by atoms with van der Waals surface area (Å²) in [5, 5.41) is 2.96. The van der Waals surface area contributed by atoms with Crippen LogP contribution in [0.25, 0.3) is 0 Å². The largest absolute Gasteiger partial charge is 0.490 e. The number of benzene rings is 1. The molecule has 0 saturated heterocycles. The van der Waals surface area contributed by atoms with Gasteiger partial charge in [0.2, 0.25) is 0 Å². The van der Waals surface area contributed by atoms with Crippen LogP contribution in [0.1, 0.15) is 13.3 Å². The van der Waals surface area contributed by atoms with E-state index >= 15 is 0 Å². The monoisotopic (exact) mass is 435 g/mol. The zero-order valence-corrected chi connectivity index (χ0v) is 15.5. The highest BCUT2D eigenvalue weighted by atomic mass is 127. The van der Waals surface area contributed by atoms with Crippen molar-refractivity contribution in [2.24, 2.45) is 16.6 Å². The van der Waals surface area contributed by atoms with Gasteiger partial charge in [0, 0.05) is 18.2 Å². The van der Waals surface area contributed by atoms with Gasteiger partial charge in [-0.1, -0.05) is 6.92 Å². The molecule has 7 nitrogen and oxygen atoms in total. The molecule has 0 saturated carbocycles. The van der Waals surface area contributed by atoms with Gasteiger partial charge in [0.05, 0.1) is 32.8 Å². The number of nitrogens with two attached hydrogens (primary N) is 1. The first-order valence-electron chi connectivity index (χ1n) is 7.14. The van der Waals surface area contributed by atoms with Gasteiger partial charge >= 0.3 is 5.97 Å². The third kappa shape index (κ3) is 5.77. The maximum atomic E-state index is 11.3. The minimum atomic E-state index is -0.339. The smallest absolute Gasteiger partial charge is 0.310 e. The molecule has 0 aliphatic carbocycles. The van der Waals surface area contributed by atoms with Crippen molar-refractivity contribution in [3.63, 3.8) is 0 Å². The fraction of sp³-hybridized carbons (Fsp3) is 0.467. The first-order chi connectivity index (χ1) is 10.6. The van der Waals surface area contributed by atoms with Gasteiger partial charge in [-0.05, 0) is 12.1 Å². The van der Waals surface area contributed by atoms with Crippen molar-refractivity contribution in [3.8, 4) is 11.5 Å². The highest BCUT2D eigenvalue weighted by molar-refractivity contribution is 14.0. The number of esters is 1. The molecule has 1 aliphatic rings. The normalized spacial score (nSPS) is 15.0. The van der Waals surface area contributed by atoms with Crippen LogP contribution >= 0.6 is 24.0 Å². The number of nitrogens with zero attached hydrogens (tertiary/aromatic N) is 1. The van der Waals surface area contributed by atoms with Gasteiger partial charge in [0.25, 0.3) is 0 Å². The molecule has 1 atom stereocenters. The van der Waals surface area contributed by atoms with Crippen LogP contribution in [0, 0.1) is 5.92 Å². The van der Waals surface area contributed by atoms with E-state index in [4.69, 9.17) is 15.2 Å². The summed E-state index contributed by atoms with van der Waals surface area (Å²) in [6, 6.07) is 5.47. The van der Waals surface area contributed by atoms with Gasteiger partial charge in [-0.2, -0.15) is 0 Å². The first-order valence-corrected chi connectivity index (χ1v) is 7.14. The number of ether oxygens (including phenoxy) is 3. The van der Waals surface area contributed by atoms with E-state index in [0.29, 0.717) is 19.0 Å². The molecular weight excluding hydrogens is 413 g/mol. The molecule has 0 amide bonds. The van der Waals surface area contributed by atoms with Crippen molar-refractivity contribution in [1.82, 2.24) is 0 Å². The fourth-order valence-corrected chi connectivity index (χ4v) is 1.94. The van der Waals surface area contributed by atoms with Crippen LogP contribution in [0.5, 0.6) is 11.5 Å². The molecule has 1 heterocycles. The Hall–Kier alpha value is -1.71. The molecule has 1 unspecified atom stereocenters. The summed E-state index contributed by atoms with van der Waals surface area (Å²) in [5.74, 6) is 0.975. The average Bonchev–Trinajstić information content (AvgIpc) is 2.76. The van der Waals surface area contributed by atoms with Gasteiger partial charge < -0.3 is 25.3 Å². The second-order valence-electron chi connectivity index (χ2n) is 4.99. The molecule has 0 radical (unpaired) electrons. The topological polar surface area (TPSA) is 95.2 Å². The molecule has 128 valence electrons. The molecule has 0 fully saturated rings. The summed E-state index contributed by atoms with van der Waals surface area (Å²) in [6.45, 7) is 3.26. The lowest BCUT2D eigenvalue weighted by molar-refractivity contribution is -0.144. The number of nitrogens with one attached hydrogen (secondary N) is 1. The number of hydrogen-bond acceptors (Lipinski definition) is 5. The molecule has 23 heavy (non-hydrogen) atoms. The second-order valence-corrected chi connectivity index (χ2v) is 4.99. The van der Waals surface area contributed by atoms with Gasteiger partial charge in [-0.3, -0.25) is 9.79 Å². The summed E-state index contributed by atoms with van der Waals surface area (Å²) < 4.78 is 15.8. The van der Waals surface area contributed by atoms with Crippen molar-refractivity contribution in [2.75, 3.05) is 32.2 Å². The zero-order valence-electron chi connectivity index (χ0n) is 13.2. The van der Waals surface area contributed by atoms with Gasteiger partial charge in [0.1, 0.15) is 0 Å². The number of halogens is 1. The zero-order chi connectivity index (χ0) is 15.9. The minimum absolute atomic E-state index is 0. The van der Waals surface area contributed by atoms with E-state index in [-0.39, 0.29) is 48.4 Å². The number of fused-ring (bicyclic) bond motifs is 1. The Morgan fingerprint density at radius 3 is 2.78 bits per heavy atom. The minimum Gasteiger partial charge on any atom is -0.490 e. The van der Waals surface area contributed by atoms with E-state index in [1.807, 2.05) is 18.2 Å². The van der Waals surface area contributed by atoms with Crippen LogP contribution < -0.4 is 20.5 Å². The van der Waals surface area contributed by atoms with Crippen LogP contribution in [0.2, 0.25) is 0 Å². The van der Waals surface area contributed by atoms with Crippen molar-refractivity contribution < 1.29 is 19.0 Å². The molecule has 0 spiro atoms. The van der Waals surface area contributed by atoms with E-state index in [9.17, 15) is 4.79 Å². The number of carbonyl (C=O) groups is 1. The van der Waals surface area contributed by atoms with Crippen LogP contribution in [0.15, 0.2) is 23.2 Å². The van der Waals surface area contributed by atoms with Crippen LogP contribution in [-0.4, -0.2) is 38.8 Å². The number of hydrogen-bond donors (Lipinski definition) is 2. The molecule has 1 aliphatic heterocycles. The number of carbonyl (C=O) groups excluding carboxylic acids is 1. The molecule has 1 aromatic rings. The third-order valence-electron chi connectivity index (χ3n) is 3.16. The molecule has 0 aromatic heterocycles. The lowest BCUT2D eigenvalue weighted by Gasteiger charge is -2.11. The summed E-state index contributed by atoms with van der Waals surface area (Å²) in [5.41, 5.74) is 6.56. The quantitative estimate of drug-likeness (QED) is 0.325. The maximum absolute atomic E-state index is 11.3. The van der Waals surface area contributed by atoms with Crippen LogP contribution in [0.4, 0.5) is 5.69 Å². The Morgan fingerprint density at radius 2 is 2.09 bits per heavy atom. The van der Waals surface area contributed by atoms with E-state index < -0.39 is 0 Å². The Labute approximate surface area is 152 Å². The van der Waals surface area contributed by atoms with E-state index in [1.165, 1.54) is 7.11 Å². The van der Waals surface area contributed by atoms with Crippen molar-refractivity contribution in [1.29, 1.82) is 0 Å². The van der Waals surface area contributed by atoms with E-state index in [2.05, 4.69) is 15.0 Å². The molecule has 8 heteroatoms. The molecular formula is C15H22IN3O4. The standard InChI is InChI=1S/C15H21N3O4.HI/c1-10(14(19)20-2)9-17-15(16)18-11-4-5-12-13(8-11)22-7-3-6-21-12;/h4-5,8,10H,3,6-7,9H2,1-2H3,(H3,16,17,18);1H. The summed E-state index contributed by atoms with van der Waals surface area (Å²) >= 11 is 0. The molecule has 3 N–H and O–H groups in total. The summed E-state index contributed by atoms with van der Waals surface area (Å²) in [6.07, 6.45) is 0.854. The van der Waals surface area contributed by atoms with Crippen LogP contribution in [0.3, 0.4) is 0 Å². The summed E-state index contributed by atoms with van der Waals surface area (Å²) in [4.78, 5) is 15.4. The third-order valence-corrected chi connectivity index (χ3v) is 3.16. The highest BCUT2D eigenvalue weighted by Gasteiger charge is 2.13. The lowest BCUT2D eigenvalue weighted by atomic mass is 10.2.